The van der Waals surface area contributed by atoms with E-state index in [2.05, 4.69) is 263 Å². The molecule has 17 rings (SSSR count). The highest BCUT2D eigenvalue weighted by atomic mass is 16.5. The summed E-state index contributed by atoms with van der Waals surface area (Å²) in [5, 5.41) is 4.88. The van der Waals surface area contributed by atoms with Crippen LogP contribution in [0.1, 0.15) is 11.1 Å². The van der Waals surface area contributed by atoms with Gasteiger partial charge in [0.25, 0.3) is 13.4 Å². The minimum absolute atomic E-state index is 0.152. The van der Waals surface area contributed by atoms with Crippen molar-refractivity contribution in [2.24, 2.45) is 0 Å². The molecule has 0 aliphatic carbocycles. The highest BCUT2D eigenvalue weighted by Crippen LogP contribution is 2.47. The standard InChI is InChI=1S/C68H44B2N4O2/c1-41-29-31-51-59(33-41)71(43-17-5-3-6-18-43)61-35-45(73-55-25-13-9-21-47(55)48-22-10-14-26-56(48)73)37-65-67(61)69(51)53-39-64-54(40-63(53)75-65)70-52-32-30-42(2)34-60(52)72(44-19-7-4-8-20-44)62-36-46(38-66(76-64)68(62)70)74-57-27-15-11-23-49(57)50-24-12-16-28-58(50)74/h3-40H,1-2H3. The fourth-order valence-corrected chi connectivity index (χ4v) is 13.5. The number of benzene rings is 11. The maximum atomic E-state index is 7.54. The summed E-state index contributed by atoms with van der Waals surface area (Å²) < 4.78 is 19.9. The highest BCUT2D eigenvalue weighted by molar-refractivity contribution is 7.01. The van der Waals surface area contributed by atoms with Crippen LogP contribution >= 0.6 is 0 Å². The molecule has 0 atom stereocenters. The van der Waals surface area contributed by atoms with Gasteiger partial charge in [-0.1, -0.05) is 133 Å². The molecule has 2 aromatic heterocycles. The summed E-state index contributed by atoms with van der Waals surface area (Å²) in [6, 6.07) is 84.5. The number of hydrogen-bond donors (Lipinski definition) is 0. The number of rotatable bonds is 4. The number of fused-ring (bicyclic) bond motifs is 14. The average molecular weight is 971 g/mol. The van der Waals surface area contributed by atoms with E-state index in [0.717, 1.165) is 112 Å². The van der Waals surface area contributed by atoms with E-state index in [1.165, 1.54) is 43.6 Å². The first kappa shape index (κ1) is 41.8. The van der Waals surface area contributed by atoms with E-state index in [1.807, 2.05) is 0 Å². The van der Waals surface area contributed by atoms with E-state index in [9.17, 15) is 0 Å². The lowest BCUT2D eigenvalue weighted by molar-refractivity contribution is 0.475. The monoisotopic (exact) mass is 970 g/mol. The van der Waals surface area contributed by atoms with Gasteiger partial charge >= 0.3 is 0 Å². The molecule has 0 unspecified atom stereocenters. The topological polar surface area (TPSA) is 34.8 Å². The van der Waals surface area contributed by atoms with Gasteiger partial charge in [-0.05, 0) is 143 Å². The fourth-order valence-electron chi connectivity index (χ4n) is 13.5. The molecule has 0 spiro atoms. The first-order valence-electron chi connectivity index (χ1n) is 26.3. The number of aryl methyl sites for hydroxylation is 2. The molecule has 0 fully saturated rings. The molecule has 4 aliphatic heterocycles. The summed E-state index contributed by atoms with van der Waals surface area (Å²) in [4.78, 5) is 4.90. The Balaban J connectivity index is 0.930. The Bertz CT molecular complexity index is 4260. The molecule has 0 saturated heterocycles. The van der Waals surface area contributed by atoms with Crippen molar-refractivity contribution in [2.45, 2.75) is 13.8 Å². The van der Waals surface area contributed by atoms with Gasteiger partial charge in [0.15, 0.2) is 0 Å². The molecule has 0 saturated carbocycles. The molecule has 6 heterocycles. The Morgan fingerprint density at radius 1 is 0.289 bits per heavy atom. The zero-order valence-corrected chi connectivity index (χ0v) is 41.7. The zero-order valence-electron chi connectivity index (χ0n) is 41.7. The lowest BCUT2D eigenvalue weighted by Gasteiger charge is -2.42. The molecule has 6 nitrogen and oxygen atoms in total. The number of aromatic nitrogens is 2. The molecule has 76 heavy (non-hydrogen) atoms. The number of anilines is 6. The largest absolute Gasteiger partial charge is 0.458 e. The maximum absolute atomic E-state index is 7.54. The van der Waals surface area contributed by atoms with Crippen LogP contribution in [0, 0.1) is 13.8 Å². The molecule has 8 heteroatoms. The van der Waals surface area contributed by atoms with E-state index in [0.29, 0.717) is 0 Å². The van der Waals surface area contributed by atoms with Crippen molar-refractivity contribution in [3.05, 3.63) is 242 Å². The van der Waals surface area contributed by atoms with Crippen LogP contribution < -0.4 is 52.1 Å². The van der Waals surface area contributed by atoms with Gasteiger partial charge in [-0.2, -0.15) is 0 Å². The van der Waals surface area contributed by atoms with E-state index < -0.39 is 0 Å². The van der Waals surface area contributed by atoms with Crippen molar-refractivity contribution in [2.75, 3.05) is 9.80 Å². The lowest BCUT2D eigenvalue weighted by atomic mass is 9.32. The second-order valence-corrected chi connectivity index (χ2v) is 21.0. The minimum atomic E-state index is -0.152. The van der Waals surface area contributed by atoms with Gasteiger partial charge < -0.3 is 28.4 Å². The first-order chi connectivity index (χ1) is 37.5. The van der Waals surface area contributed by atoms with E-state index >= 15 is 0 Å². The van der Waals surface area contributed by atoms with Crippen LogP contribution in [0.15, 0.2) is 231 Å². The summed E-state index contributed by atoms with van der Waals surface area (Å²) in [6.07, 6.45) is 0. The third kappa shape index (κ3) is 5.73. The van der Waals surface area contributed by atoms with Gasteiger partial charge in [-0.25, -0.2) is 0 Å². The van der Waals surface area contributed by atoms with Crippen LogP contribution in [-0.2, 0) is 0 Å². The van der Waals surface area contributed by atoms with Crippen LogP contribution in [0.3, 0.4) is 0 Å². The number of hydrogen-bond acceptors (Lipinski definition) is 4. The zero-order chi connectivity index (χ0) is 49.9. The van der Waals surface area contributed by atoms with Gasteiger partial charge in [0.05, 0.1) is 33.4 Å². The van der Waals surface area contributed by atoms with Crippen LogP contribution in [0.5, 0.6) is 23.0 Å². The lowest BCUT2D eigenvalue weighted by Crippen LogP contribution is -2.62. The van der Waals surface area contributed by atoms with Crippen LogP contribution in [0.25, 0.3) is 55.0 Å². The summed E-state index contributed by atoms with van der Waals surface area (Å²) in [5.74, 6) is 3.39. The Hall–Kier alpha value is -9.65. The molecule has 354 valence electrons. The van der Waals surface area contributed by atoms with Crippen molar-refractivity contribution < 1.29 is 9.47 Å². The summed E-state index contributed by atoms with van der Waals surface area (Å²) in [7, 11) is 0. The molecule has 0 amide bonds. The van der Waals surface area contributed by atoms with Crippen LogP contribution in [0.2, 0.25) is 0 Å². The average Bonchev–Trinajstić information content (AvgIpc) is 4.09. The summed E-state index contributed by atoms with van der Waals surface area (Å²) in [5.41, 5.74) is 22.7. The number of para-hydroxylation sites is 6. The number of nitrogens with zero attached hydrogens (tertiary/aromatic N) is 4. The molecule has 0 N–H and O–H groups in total. The van der Waals surface area contributed by atoms with E-state index in [4.69, 9.17) is 9.47 Å². The Morgan fingerprint density at radius 3 is 1.03 bits per heavy atom. The predicted molar refractivity (Wildman–Crippen MR) is 316 cm³/mol. The molecule has 4 aliphatic rings. The second kappa shape index (κ2) is 15.4. The Labute approximate surface area is 440 Å². The third-order valence-corrected chi connectivity index (χ3v) is 16.7. The SMILES string of the molecule is Cc1ccc2c(c1)N(c1ccccc1)c1cc(-n3c4ccccc4c4ccccc43)cc3c1B2c1cc2c(cc1O3)B1c3ccc(C)cc3N(c3ccccc3)c3cc(-n4c5ccccc5c5ccccc54)cc(c31)O2. The van der Waals surface area contributed by atoms with E-state index in [-0.39, 0.29) is 13.4 Å². The van der Waals surface area contributed by atoms with Gasteiger partial charge in [0.1, 0.15) is 23.0 Å². The van der Waals surface area contributed by atoms with Gasteiger partial charge in [0, 0.05) is 67.8 Å². The normalized spacial score (nSPS) is 13.5. The van der Waals surface area contributed by atoms with Gasteiger partial charge in [-0.3, -0.25) is 0 Å². The van der Waals surface area contributed by atoms with Crippen molar-refractivity contribution in [1.29, 1.82) is 0 Å². The minimum Gasteiger partial charge on any atom is -0.458 e. The molecule has 0 radical (unpaired) electrons. The van der Waals surface area contributed by atoms with Gasteiger partial charge in [-0.15, -0.1) is 0 Å². The second-order valence-electron chi connectivity index (χ2n) is 21.0. The maximum Gasteiger partial charge on any atom is 0.256 e. The highest BCUT2D eigenvalue weighted by Gasteiger charge is 2.47. The van der Waals surface area contributed by atoms with Crippen LogP contribution in [-0.4, -0.2) is 22.6 Å². The van der Waals surface area contributed by atoms with E-state index in [1.54, 1.807) is 0 Å². The summed E-state index contributed by atoms with van der Waals surface area (Å²) >= 11 is 0. The summed E-state index contributed by atoms with van der Waals surface area (Å²) in [6.45, 7) is 4.09. The van der Waals surface area contributed by atoms with Crippen molar-refractivity contribution in [3.8, 4) is 34.4 Å². The molecule has 13 aromatic rings. The quantitative estimate of drug-likeness (QED) is 0.165. The smallest absolute Gasteiger partial charge is 0.256 e. The van der Waals surface area contributed by atoms with Crippen molar-refractivity contribution in [1.82, 2.24) is 9.13 Å². The van der Waals surface area contributed by atoms with Gasteiger partial charge in [0.2, 0.25) is 0 Å². The Kier molecular flexibility index (Phi) is 8.49. The predicted octanol–water partition coefficient (Wildman–Crippen LogP) is 13.3. The fraction of sp³-hybridized carbons (Fsp3) is 0.0294. The first-order valence-corrected chi connectivity index (χ1v) is 26.3. The molecular formula is C68H44B2N4O2. The van der Waals surface area contributed by atoms with Crippen molar-refractivity contribution >= 4 is 124 Å². The molecular weight excluding hydrogens is 926 g/mol. The molecule has 0 bridgehead atoms. The third-order valence-electron chi connectivity index (χ3n) is 16.7. The number of ether oxygens (including phenoxy) is 2. The molecule has 11 aromatic carbocycles. The van der Waals surface area contributed by atoms with Crippen LogP contribution in [0.4, 0.5) is 34.1 Å². The Morgan fingerprint density at radius 2 is 0.645 bits per heavy atom. The van der Waals surface area contributed by atoms with Crippen molar-refractivity contribution in [3.63, 3.8) is 0 Å².